The average molecular weight is 134 g/mol. The summed E-state index contributed by atoms with van der Waals surface area (Å²) in [5.41, 5.74) is 2.35. The smallest absolute Gasteiger partial charge is 0.0911 e. The third-order valence-corrected chi connectivity index (χ3v) is 0.868. The minimum absolute atomic E-state index is 0.348. The van der Waals surface area contributed by atoms with Crippen LogP contribution in [-0.4, -0.2) is 31.0 Å². The van der Waals surface area contributed by atoms with Crippen molar-refractivity contribution in [3.63, 3.8) is 0 Å². The average Bonchev–Trinajstić information content (AvgIpc) is 1.85. The highest BCUT2D eigenvalue weighted by molar-refractivity contribution is 4.53. The van der Waals surface area contributed by atoms with E-state index in [-0.39, 0.29) is 0 Å². The standard InChI is InChI=1S/C5H14N2O2/c1-2-9-4-5(8)3-7-6/h5,7-8H,2-4,6H2,1H3. The van der Waals surface area contributed by atoms with Crippen LogP contribution in [0.1, 0.15) is 6.92 Å². The van der Waals surface area contributed by atoms with Crippen molar-refractivity contribution in [1.29, 1.82) is 0 Å². The lowest BCUT2D eigenvalue weighted by Gasteiger charge is -2.07. The van der Waals surface area contributed by atoms with Gasteiger partial charge in [0.1, 0.15) is 0 Å². The number of hydrogen-bond acceptors (Lipinski definition) is 4. The van der Waals surface area contributed by atoms with E-state index in [0.29, 0.717) is 19.8 Å². The van der Waals surface area contributed by atoms with E-state index in [9.17, 15) is 0 Å². The van der Waals surface area contributed by atoms with Crippen LogP contribution in [0, 0.1) is 0 Å². The molecule has 0 spiro atoms. The molecule has 1 atom stereocenters. The van der Waals surface area contributed by atoms with E-state index in [1.165, 1.54) is 0 Å². The molecule has 1 unspecified atom stereocenters. The molecule has 4 N–H and O–H groups in total. The largest absolute Gasteiger partial charge is 0.389 e. The second kappa shape index (κ2) is 5.97. The summed E-state index contributed by atoms with van der Waals surface area (Å²) in [5.74, 6) is 4.94. The van der Waals surface area contributed by atoms with Gasteiger partial charge in [-0.05, 0) is 6.92 Å². The van der Waals surface area contributed by atoms with Gasteiger partial charge in [0, 0.05) is 13.2 Å². The third kappa shape index (κ3) is 5.72. The minimum Gasteiger partial charge on any atom is -0.389 e. The van der Waals surface area contributed by atoms with Gasteiger partial charge in [-0.3, -0.25) is 11.3 Å². The zero-order valence-electron chi connectivity index (χ0n) is 5.63. The van der Waals surface area contributed by atoms with Gasteiger partial charge in [0.25, 0.3) is 0 Å². The van der Waals surface area contributed by atoms with E-state index < -0.39 is 6.10 Å². The molecule has 0 aliphatic rings. The highest BCUT2D eigenvalue weighted by Gasteiger charge is 1.99. The Morgan fingerprint density at radius 2 is 2.44 bits per heavy atom. The van der Waals surface area contributed by atoms with Gasteiger partial charge in [0.2, 0.25) is 0 Å². The van der Waals surface area contributed by atoms with Gasteiger partial charge in [-0.25, -0.2) is 0 Å². The molecule has 0 rings (SSSR count). The summed E-state index contributed by atoms with van der Waals surface area (Å²) in [6, 6.07) is 0. The number of nitrogens with two attached hydrogens (primary N) is 1. The van der Waals surface area contributed by atoms with Gasteiger partial charge in [-0.1, -0.05) is 0 Å². The number of nitrogens with one attached hydrogen (secondary N) is 1. The summed E-state index contributed by atoms with van der Waals surface area (Å²) in [6.45, 7) is 3.23. The van der Waals surface area contributed by atoms with Crippen LogP contribution in [0.15, 0.2) is 0 Å². The molecule has 0 saturated carbocycles. The molecule has 56 valence electrons. The summed E-state index contributed by atoms with van der Waals surface area (Å²) < 4.78 is 4.90. The van der Waals surface area contributed by atoms with E-state index in [1.807, 2.05) is 6.92 Å². The van der Waals surface area contributed by atoms with E-state index in [4.69, 9.17) is 15.7 Å². The molecule has 0 saturated heterocycles. The molecule has 4 nitrogen and oxygen atoms in total. The van der Waals surface area contributed by atoms with Gasteiger partial charge >= 0.3 is 0 Å². The summed E-state index contributed by atoms with van der Waals surface area (Å²) in [5, 5.41) is 8.91. The maximum Gasteiger partial charge on any atom is 0.0911 e. The number of aliphatic hydroxyl groups is 1. The van der Waals surface area contributed by atoms with Gasteiger partial charge in [-0.2, -0.15) is 0 Å². The zero-order valence-corrected chi connectivity index (χ0v) is 5.63. The second-order valence-corrected chi connectivity index (χ2v) is 1.72. The molecule has 0 radical (unpaired) electrons. The van der Waals surface area contributed by atoms with Crippen LogP contribution in [0.5, 0.6) is 0 Å². The monoisotopic (exact) mass is 134 g/mol. The van der Waals surface area contributed by atoms with Crippen LogP contribution < -0.4 is 11.3 Å². The predicted molar refractivity (Wildman–Crippen MR) is 34.7 cm³/mol. The lowest BCUT2D eigenvalue weighted by atomic mass is 10.4. The molecule has 4 heteroatoms. The molecule has 0 aromatic rings. The Hall–Kier alpha value is -0.160. The Bertz CT molecular complexity index is 60.9. The summed E-state index contributed by atoms with van der Waals surface area (Å²) in [6.07, 6.45) is -0.491. The molecule has 0 aliphatic heterocycles. The van der Waals surface area contributed by atoms with Crippen LogP contribution in [0.3, 0.4) is 0 Å². The summed E-state index contributed by atoms with van der Waals surface area (Å²) in [4.78, 5) is 0. The fourth-order valence-electron chi connectivity index (χ4n) is 0.449. The molecule has 0 aromatic heterocycles. The molecule has 0 aliphatic carbocycles. The van der Waals surface area contributed by atoms with E-state index in [2.05, 4.69) is 5.43 Å². The highest BCUT2D eigenvalue weighted by atomic mass is 16.5. The van der Waals surface area contributed by atoms with E-state index >= 15 is 0 Å². The number of hydrogen-bond donors (Lipinski definition) is 3. The second-order valence-electron chi connectivity index (χ2n) is 1.72. The van der Waals surface area contributed by atoms with E-state index in [1.54, 1.807) is 0 Å². The van der Waals surface area contributed by atoms with Crippen molar-refractivity contribution in [2.75, 3.05) is 19.8 Å². The Morgan fingerprint density at radius 3 is 2.89 bits per heavy atom. The number of hydrazine groups is 1. The van der Waals surface area contributed by atoms with Crippen LogP contribution >= 0.6 is 0 Å². The van der Waals surface area contributed by atoms with Crippen molar-refractivity contribution in [2.45, 2.75) is 13.0 Å². The normalized spacial score (nSPS) is 13.7. The first kappa shape index (κ1) is 8.84. The van der Waals surface area contributed by atoms with Crippen molar-refractivity contribution in [3.8, 4) is 0 Å². The number of rotatable bonds is 5. The maximum atomic E-state index is 8.91. The lowest BCUT2D eigenvalue weighted by Crippen LogP contribution is -2.34. The molecule has 0 fully saturated rings. The Kier molecular flexibility index (Phi) is 5.86. The predicted octanol–water partition coefficient (Wildman–Crippen LogP) is -1.15. The first-order chi connectivity index (χ1) is 4.31. The fraction of sp³-hybridized carbons (Fsp3) is 1.00. The van der Waals surface area contributed by atoms with Crippen LogP contribution in [0.25, 0.3) is 0 Å². The van der Waals surface area contributed by atoms with Crippen molar-refractivity contribution in [2.24, 2.45) is 5.84 Å². The van der Waals surface area contributed by atoms with Gasteiger partial charge in [0.15, 0.2) is 0 Å². The first-order valence-corrected chi connectivity index (χ1v) is 3.00. The molecule has 0 aromatic carbocycles. The Labute approximate surface area is 55.0 Å². The maximum absolute atomic E-state index is 8.91. The third-order valence-electron chi connectivity index (χ3n) is 0.868. The first-order valence-electron chi connectivity index (χ1n) is 3.00. The van der Waals surface area contributed by atoms with Crippen molar-refractivity contribution < 1.29 is 9.84 Å². The Morgan fingerprint density at radius 1 is 1.78 bits per heavy atom. The van der Waals surface area contributed by atoms with Crippen LogP contribution in [0.4, 0.5) is 0 Å². The zero-order chi connectivity index (χ0) is 7.11. The fourth-order valence-corrected chi connectivity index (χ4v) is 0.449. The van der Waals surface area contributed by atoms with Gasteiger partial charge in [0.05, 0.1) is 12.7 Å². The molecule has 9 heavy (non-hydrogen) atoms. The number of aliphatic hydroxyl groups excluding tert-OH is 1. The van der Waals surface area contributed by atoms with E-state index in [0.717, 1.165) is 0 Å². The minimum atomic E-state index is -0.491. The van der Waals surface area contributed by atoms with Crippen molar-refractivity contribution in [1.82, 2.24) is 5.43 Å². The van der Waals surface area contributed by atoms with Crippen LogP contribution in [-0.2, 0) is 4.74 Å². The van der Waals surface area contributed by atoms with Crippen molar-refractivity contribution >= 4 is 0 Å². The highest BCUT2D eigenvalue weighted by Crippen LogP contribution is 1.81. The molecular weight excluding hydrogens is 120 g/mol. The van der Waals surface area contributed by atoms with Gasteiger partial charge in [-0.15, -0.1) is 0 Å². The SMILES string of the molecule is CCOCC(O)CNN. The van der Waals surface area contributed by atoms with Gasteiger partial charge < -0.3 is 9.84 Å². The molecule has 0 heterocycles. The Balaban J connectivity index is 2.95. The number of ether oxygens (including phenoxy) is 1. The summed E-state index contributed by atoms with van der Waals surface area (Å²) in [7, 11) is 0. The molecular formula is C5H14N2O2. The molecule has 0 bridgehead atoms. The summed E-state index contributed by atoms with van der Waals surface area (Å²) >= 11 is 0. The topological polar surface area (TPSA) is 67.5 Å². The quantitative estimate of drug-likeness (QED) is 0.328. The van der Waals surface area contributed by atoms with Crippen LogP contribution in [0.2, 0.25) is 0 Å². The van der Waals surface area contributed by atoms with Crippen molar-refractivity contribution in [3.05, 3.63) is 0 Å². The lowest BCUT2D eigenvalue weighted by molar-refractivity contribution is 0.0430. The molecule has 0 amide bonds.